The minimum absolute atomic E-state index is 0. The van der Waals surface area contributed by atoms with Crippen molar-refractivity contribution in [3.8, 4) is 118 Å². The fourth-order valence-corrected chi connectivity index (χ4v) is 19.9. The van der Waals surface area contributed by atoms with Gasteiger partial charge in [-0.2, -0.15) is 0 Å². The molecule has 0 fully saturated rings. The summed E-state index contributed by atoms with van der Waals surface area (Å²) in [4.78, 5) is 28.7. The molecule has 0 bridgehead atoms. The van der Waals surface area contributed by atoms with Crippen LogP contribution in [0.15, 0.2) is 346 Å². The van der Waals surface area contributed by atoms with Crippen molar-refractivity contribution in [2.45, 2.75) is 19.3 Å². The Morgan fingerprint density at radius 3 is 1.05 bits per heavy atom. The van der Waals surface area contributed by atoms with Crippen LogP contribution in [0.5, 0.6) is 0 Å². The fraction of sp³-hybridized carbons (Fsp3) is 0.0526. The number of aryl methyl sites for hydroxylation is 3. The Bertz CT molecular complexity index is 8450. The number of rotatable bonds is 9. The molecular formula is C114H72N12Pt3. The van der Waals surface area contributed by atoms with E-state index >= 15 is 0 Å². The van der Waals surface area contributed by atoms with E-state index in [0.717, 1.165) is 176 Å². The van der Waals surface area contributed by atoms with Gasteiger partial charge in [0.05, 0.1) is 50.6 Å². The second-order valence-electron chi connectivity index (χ2n) is 32.9. The summed E-state index contributed by atoms with van der Waals surface area (Å²) >= 11 is 0. The summed E-state index contributed by atoms with van der Waals surface area (Å²) < 4.78 is 13.4. The second kappa shape index (κ2) is 32.5. The summed E-state index contributed by atoms with van der Waals surface area (Å²) in [7, 11) is 6.22. The van der Waals surface area contributed by atoms with Crippen molar-refractivity contribution in [2.75, 3.05) is 0 Å². The minimum atomic E-state index is 0. The van der Waals surface area contributed by atoms with E-state index in [2.05, 4.69) is 355 Å². The molecule has 12 nitrogen and oxygen atoms in total. The summed E-state index contributed by atoms with van der Waals surface area (Å²) in [6.07, 6.45) is 8.30. The number of hydrogen-bond acceptors (Lipinski definition) is 6. The maximum atomic E-state index is 4.99. The van der Waals surface area contributed by atoms with Crippen molar-refractivity contribution >= 4 is 98.5 Å². The van der Waals surface area contributed by atoms with Gasteiger partial charge < -0.3 is 42.4 Å². The molecule has 9 aromatic heterocycles. The number of fused-ring (bicyclic) bond motifs is 22. The Balaban J connectivity index is 0.000000112. The Hall–Kier alpha value is -14.4. The molecule has 24 aromatic rings. The molecule has 0 spiro atoms. The van der Waals surface area contributed by atoms with Gasteiger partial charge in [0.2, 0.25) is 0 Å². The van der Waals surface area contributed by atoms with E-state index < -0.39 is 0 Å². The first-order valence-corrected chi connectivity index (χ1v) is 42.6. The molecule has 0 atom stereocenters. The van der Waals surface area contributed by atoms with Gasteiger partial charge >= 0.3 is 63.2 Å². The predicted molar refractivity (Wildman–Crippen MR) is 509 cm³/mol. The first kappa shape index (κ1) is 80.5. The van der Waals surface area contributed by atoms with Crippen LogP contribution < -0.4 is 0 Å². The molecule has 0 radical (unpaired) electrons. The maximum Gasteiger partial charge on any atom is 2.00 e. The maximum absolute atomic E-state index is 4.99. The van der Waals surface area contributed by atoms with E-state index in [-0.39, 0.29) is 63.2 Å². The summed E-state index contributed by atoms with van der Waals surface area (Å²) in [6, 6.07) is 138. The molecule has 3 aliphatic carbocycles. The number of aromatic nitrogens is 12. The van der Waals surface area contributed by atoms with E-state index in [1.165, 1.54) is 93.7 Å². The molecular weight excluding hydrogens is 2120 g/mol. The van der Waals surface area contributed by atoms with Crippen molar-refractivity contribution in [1.82, 2.24) is 57.3 Å². The van der Waals surface area contributed by atoms with Crippen LogP contribution in [-0.4, -0.2) is 57.3 Å². The van der Waals surface area contributed by atoms with Gasteiger partial charge in [-0.25, -0.2) is 0 Å². The third kappa shape index (κ3) is 13.4. The molecule has 0 saturated carbocycles. The molecule has 3 aliphatic rings. The van der Waals surface area contributed by atoms with Crippen LogP contribution in [0.2, 0.25) is 0 Å². The van der Waals surface area contributed by atoms with Gasteiger partial charge in [-0.15, -0.1) is 161 Å². The molecule has 27 rings (SSSR count). The quantitative estimate of drug-likeness (QED) is 0.133. The van der Waals surface area contributed by atoms with E-state index in [1.807, 2.05) is 91.4 Å². The first-order chi connectivity index (χ1) is 62.2. The molecule has 0 saturated heterocycles. The minimum Gasteiger partial charge on any atom is -0.367 e. The molecule has 15 aromatic carbocycles. The fourth-order valence-electron chi connectivity index (χ4n) is 19.9. The molecule has 15 heteroatoms. The molecule has 9 heterocycles. The van der Waals surface area contributed by atoms with Gasteiger partial charge in [0.1, 0.15) is 0 Å². The number of benzene rings is 15. The van der Waals surface area contributed by atoms with Gasteiger partial charge in [0, 0.05) is 56.3 Å². The number of hydrogen-bond donors (Lipinski definition) is 0. The zero-order valence-corrected chi connectivity index (χ0v) is 76.7. The first-order valence-electron chi connectivity index (χ1n) is 42.6. The normalized spacial score (nSPS) is 12.0. The average molecular weight is 2200 g/mol. The SMILES string of the molecule is Cn1c(-c2[c-]c3c(cc2)c2c4c(ccc2n3-c2[c-]c(-c3ccccn3)ccc2)-c2ccccc2C4)nc2ccccc21.Cn1c(-c2[c-]c3c(cc2)c2cc4c(cc2n3-c2[c-]c(-c3ccccn3)ccc2)-c2ccccc2C4)nc2ccccc21.Cn1c(-c2[c-]c3c(cc2)c2cc4c(cc2n3-c2[c-]c(-c3ccccn3)ccc2)Cc2ccccc2-4)nc2ccccc21.[Pt+2].[Pt+2].[Pt+2]. The van der Waals surface area contributed by atoms with E-state index in [4.69, 9.17) is 15.0 Å². The zero-order chi connectivity index (χ0) is 83.4. The van der Waals surface area contributed by atoms with Crippen molar-refractivity contribution in [3.63, 3.8) is 0 Å². The Labute approximate surface area is 787 Å². The number of para-hydroxylation sites is 6. The smallest absolute Gasteiger partial charge is 0.367 e. The molecule has 0 unspecified atom stereocenters. The molecule has 0 aliphatic heterocycles. The van der Waals surface area contributed by atoms with Crippen LogP contribution >= 0.6 is 0 Å². The summed E-state index contributed by atoms with van der Waals surface area (Å²) in [5.74, 6) is 2.70. The summed E-state index contributed by atoms with van der Waals surface area (Å²) in [5.41, 5.74) is 40.3. The van der Waals surface area contributed by atoms with Crippen LogP contribution in [-0.2, 0) is 104 Å². The van der Waals surface area contributed by atoms with Gasteiger partial charge in [-0.3, -0.25) is 15.0 Å². The zero-order valence-electron chi connectivity index (χ0n) is 69.8. The van der Waals surface area contributed by atoms with Crippen LogP contribution in [0.3, 0.4) is 0 Å². The standard InChI is InChI=1S/3C38H24N4.3Pt/c1-41-34-15-5-4-14-33(34)40-38(41)26-16-17-30-36(23-26)42(27-11-8-10-25(21-27)32-13-6-7-20-39-32)35-19-18-29-28-12-3-2-9-24(28)22-31(29)37(30)35;1-41-35-15-5-4-14-34(35)40-38(41)26-16-17-30-32-21-27-19-24-9-2-3-12-29(24)31(27)23-37(32)42(36(30)22-26)28-11-8-10-25(20-28)33-13-6-7-18-39-33;1-41-35-15-5-4-14-34(35)40-38(41)26-16-17-30-32-23-31-27(19-24-9-2-3-12-29(24)31)22-37(32)42(36(30)21-26)28-11-8-10-25(20-28)33-13-6-7-18-39-33;;;/h2-20H,22H2,1H3;2-18,21,23H,19H2,1H3;2-18,22-23H,19H2,1H3;;;/q3*-2;3*+2. The van der Waals surface area contributed by atoms with Crippen molar-refractivity contribution in [3.05, 3.63) is 416 Å². The Kier molecular flexibility index (Phi) is 20.3. The van der Waals surface area contributed by atoms with Crippen molar-refractivity contribution in [2.24, 2.45) is 21.1 Å². The monoisotopic (exact) mass is 2190 g/mol. The van der Waals surface area contributed by atoms with Gasteiger partial charge in [-0.05, 0) is 226 Å². The van der Waals surface area contributed by atoms with E-state index in [1.54, 1.807) is 0 Å². The van der Waals surface area contributed by atoms with Crippen molar-refractivity contribution in [1.29, 1.82) is 0 Å². The third-order valence-corrected chi connectivity index (χ3v) is 25.8. The molecule has 0 amide bonds. The topological polar surface area (TPSA) is 107 Å². The third-order valence-electron chi connectivity index (χ3n) is 25.8. The van der Waals surface area contributed by atoms with Gasteiger partial charge in [0.15, 0.2) is 0 Å². The predicted octanol–water partition coefficient (Wildman–Crippen LogP) is 25.7. The molecule has 0 N–H and O–H groups in total. The van der Waals surface area contributed by atoms with Crippen LogP contribution in [0.1, 0.15) is 33.4 Å². The van der Waals surface area contributed by atoms with E-state index in [9.17, 15) is 0 Å². The van der Waals surface area contributed by atoms with Gasteiger partial charge in [0.25, 0.3) is 0 Å². The van der Waals surface area contributed by atoms with E-state index in [0.29, 0.717) is 0 Å². The number of nitrogens with zero attached hydrogens (tertiary/aromatic N) is 12. The second-order valence-corrected chi connectivity index (χ2v) is 32.9. The Morgan fingerprint density at radius 2 is 0.605 bits per heavy atom. The summed E-state index contributed by atoms with van der Waals surface area (Å²) in [5, 5.41) is 7.24. The molecule has 618 valence electrons. The molecule has 129 heavy (non-hydrogen) atoms. The Morgan fingerprint density at radius 1 is 0.240 bits per heavy atom. The number of imidazole rings is 3. The van der Waals surface area contributed by atoms with Crippen LogP contribution in [0, 0.1) is 36.4 Å². The largest absolute Gasteiger partial charge is 2.00 e. The number of pyridine rings is 3. The van der Waals surface area contributed by atoms with Crippen LogP contribution in [0.25, 0.3) is 217 Å². The average Bonchev–Trinajstić information content (AvgIpc) is 1.63. The van der Waals surface area contributed by atoms with Gasteiger partial charge in [-0.1, -0.05) is 180 Å². The summed E-state index contributed by atoms with van der Waals surface area (Å²) in [6.45, 7) is 0. The van der Waals surface area contributed by atoms with Crippen molar-refractivity contribution < 1.29 is 63.2 Å². The van der Waals surface area contributed by atoms with Crippen LogP contribution in [0.4, 0.5) is 0 Å².